The van der Waals surface area contributed by atoms with Gasteiger partial charge in [0.25, 0.3) is 0 Å². The van der Waals surface area contributed by atoms with Crippen LogP contribution in [0.3, 0.4) is 0 Å². The number of aromatic nitrogens is 2. The Hall–Kier alpha value is -7.14. The molecule has 260 valence electrons. The molecular weight excluding hydrogens is 701 g/mol. The summed E-state index contributed by atoms with van der Waals surface area (Å²) >= 11 is 1.86. The van der Waals surface area contributed by atoms with Crippen molar-refractivity contribution in [3.8, 4) is 22.5 Å². The molecule has 0 aliphatic rings. The van der Waals surface area contributed by atoms with Crippen molar-refractivity contribution in [3.05, 3.63) is 182 Å². The van der Waals surface area contributed by atoms with Crippen LogP contribution in [0.1, 0.15) is 0 Å². The largest absolute Gasteiger partial charge is 0.455 e. The maximum atomic E-state index is 6.52. The van der Waals surface area contributed by atoms with E-state index in [1.54, 1.807) is 0 Å². The number of fused-ring (bicyclic) bond motifs is 14. The maximum Gasteiger partial charge on any atom is 0.143 e. The molecule has 4 aromatic heterocycles. The lowest BCUT2D eigenvalue weighted by Crippen LogP contribution is -1.95. The van der Waals surface area contributed by atoms with Crippen molar-refractivity contribution >= 4 is 108 Å². The lowest BCUT2D eigenvalue weighted by atomic mass is 10.00. The molecule has 0 bridgehead atoms. The summed E-state index contributed by atoms with van der Waals surface area (Å²) in [4.78, 5) is 0. The van der Waals surface area contributed by atoms with Crippen LogP contribution in [0.2, 0.25) is 0 Å². The average Bonchev–Trinajstić information content (AvgIpc) is 4.01. The molecule has 3 nitrogen and oxygen atoms in total. The van der Waals surface area contributed by atoms with Crippen LogP contribution < -0.4 is 0 Å². The molecular formula is C52H30N2OS. The van der Waals surface area contributed by atoms with Crippen molar-refractivity contribution in [1.82, 2.24) is 9.13 Å². The van der Waals surface area contributed by atoms with E-state index in [9.17, 15) is 0 Å². The normalized spacial score (nSPS) is 12.3. The molecule has 4 heterocycles. The Morgan fingerprint density at radius 3 is 1.96 bits per heavy atom. The summed E-state index contributed by atoms with van der Waals surface area (Å²) in [7, 11) is 0. The zero-order chi connectivity index (χ0) is 36.5. The molecule has 0 saturated carbocycles. The summed E-state index contributed by atoms with van der Waals surface area (Å²) in [5.41, 5.74) is 11.3. The summed E-state index contributed by atoms with van der Waals surface area (Å²) in [6, 6.07) is 66.4. The molecule has 0 aliphatic carbocycles. The van der Waals surface area contributed by atoms with Crippen LogP contribution in [-0.4, -0.2) is 9.13 Å². The topological polar surface area (TPSA) is 23.0 Å². The molecule has 0 unspecified atom stereocenters. The second kappa shape index (κ2) is 11.2. The first kappa shape index (κ1) is 30.2. The molecule has 4 heteroatoms. The summed E-state index contributed by atoms with van der Waals surface area (Å²) in [5.74, 6) is 0. The minimum atomic E-state index is 0.920. The highest BCUT2D eigenvalue weighted by atomic mass is 32.1. The molecule has 0 N–H and O–H groups in total. The molecule has 0 aliphatic heterocycles. The first-order valence-electron chi connectivity index (χ1n) is 19.1. The molecule has 0 radical (unpaired) electrons. The Bertz CT molecular complexity index is 3780. The highest BCUT2D eigenvalue weighted by Crippen LogP contribution is 2.46. The molecule has 0 fully saturated rings. The number of hydrogen-bond donors (Lipinski definition) is 0. The highest BCUT2D eigenvalue weighted by Gasteiger charge is 2.22. The monoisotopic (exact) mass is 730 g/mol. The van der Waals surface area contributed by atoms with Gasteiger partial charge in [-0.15, -0.1) is 11.3 Å². The van der Waals surface area contributed by atoms with Crippen LogP contribution in [0.25, 0.3) is 119 Å². The predicted octanol–water partition coefficient (Wildman–Crippen LogP) is 15.0. The van der Waals surface area contributed by atoms with E-state index in [1.165, 1.54) is 80.1 Å². The van der Waals surface area contributed by atoms with Gasteiger partial charge in [0.05, 0.1) is 22.1 Å². The van der Waals surface area contributed by atoms with Crippen LogP contribution >= 0.6 is 11.3 Å². The third-order valence-corrected chi connectivity index (χ3v) is 13.1. The number of hydrogen-bond acceptors (Lipinski definition) is 2. The van der Waals surface area contributed by atoms with Gasteiger partial charge in [-0.05, 0) is 65.4 Å². The van der Waals surface area contributed by atoms with Crippen molar-refractivity contribution in [2.75, 3.05) is 0 Å². The number of furan rings is 1. The fourth-order valence-corrected chi connectivity index (χ4v) is 10.7. The predicted molar refractivity (Wildman–Crippen MR) is 238 cm³/mol. The van der Waals surface area contributed by atoms with E-state index in [-0.39, 0.29) is 0 Å². The zero-order valence-electron chi connectivity index (χ0n) is 30.0. The lowest BCUT2D eigenvalue weighted by molar-refractivity contribution is 0.670. The lowest BCUT2D eigenvalue weighted by Gasteiger charge is -2.11. The number of para-hydroxylation sites is 4. The molecule has 0 saturated heterocycles. The minimum absolute atomic E-state index is 0.920. The molecule has 56 heavy (non-hydrogen) atoms. The van der Waals surface area contributed by atoms with E-state index in [4.69, 9.17) is 4.42 Å². The van der Waals surface area contributed by atoms with Gasteiger partial charge < -0.3 is 13.6 Å². The summed E-state index contributed by atoms with van der Waals surface area (Å²) < 4.78 is 14.0. The second-order valence-corrected chi connectivity index (χ2v) is 15.9. The molecule has 0 atom stereocenters. The fraction of sp³-hybridized carbons (Fsp3) is 0. The summed E-state index contributed by atoms with van der Waals surface area (Å²) in [5, 5.41) is 12.3. The first-order chi connectivity index (χ1) is 27.8. The Morgan fingerprint density at radius 1 is 0.393 bits per heavy atom. The van der Waals surface area contributed by atoms with Gasteiger partial charge in [-0.2, -0.15) is 0 Å². The van der Waals surface area contributed by atoms with Crippen LogP contribution in [0.4, 0.5) is 0 Å². The number of thiophene rings is 1. The van der Waals surface area contributed by atoms with Crippen molar-refractivity contribution in [2.45, 2.75) is 0 Å². The number of rotatable bonds is 3. The Kier molecular flexibility index (Phi) is 6.04. The van der Waals surface area contributed by atoms with Crippen LogP contribution in [0.15, 0.2) is 186 Å². The van der Waals surface area contributed by atoms with Gasteiger partial charge in [0.1, 0.15) is 11.2 Å². The molecule has 9 aromatic carbocycles. The van der Waals surface area contributed by atoms with Crippen molar-refractivity contribution in [2.24, 2.45) is 0 Å². The van der Waals surface area contributed by atoms with Gasteiger partial charge in [-0.1, -0.05) is 127 Å². The fourth-order valence-electron chi connectivity index (χ4n) is 9.47. The van der Waals surface area contributed by atoms with E-state index in [0.717, 1.165) is 38.9 Å². The smallest absolute Gasteiger partial charge is 0.143 e. The van der Waals surface area contributed by atoms with E-state index in [0.29, 0.717) is 0 Å². The standard InChI is InChI=1S/C52H30N2OS/c1-2-12-32-29-33(24-23-31(32)11-1)53-45-21-7-4-15-42(45)49-46(53)27-26-37-35-13-3-6-20-44(35)54(50(37)49)34-25-28-48-43(30-34)41-19-10-18-40(52(41)56-48)39-17-9-16-38-36-14-5-8-22-47(36)55-51(38)39/h1-30H. The Morgan fingerprint density at radius 2 is 1.07 bits per heavy atom. The second-order valence-electron chi connectivity index (χ2n) is 14.8. The molecule has 0 amide bonds. The van der Waals surface area contributed by atoms with Gasteiger partial charge >= 0.3 is 0 Å². The van der Waals surface area contributed by atoms with Crippen LogP contribution in [0, 0.1) is 0 Å². The van der Waals surface area contributed by atoms with Crippen molar-refractivity contribution < 1.29 is 4.42 Å². The number of benzene rings is 9. The molecule has 13 aromatic rings. The summed E-state index contributed by atoms with van der Waals surface area (Å²) in [6.45, 7) is 0. The summed E-state index contributed by atoms with van der Waals surface area (Å²) in [6.07, 6.45) is 0. The Labute approximate surface area is 324 Å². The molecule has 0 spiro atoms. The van der Waals surface area contributed by atoms with Gasteiger partial charge in [0.15, 0.2) is 0 Å². The van der Waals surface area contributed by atoms with Crippen molar-refractivity contribution in [3.63, 3.8) is 0 Å². The third kappa shape index (κ3) is 4.06. The zero-order valence-corrected chi connectivity index (χ0v) is 30.8. The van der Waals surface area contributed by atoms with Gasteiger partial charge in [-0.3, -0.25) is 0 Å². The Balaban J connectivity index is 1.08. The van der Waals surface area contributed by atoms with E-state index in [2.05, 4.69) is 185 Å². The first-order valence-corrected chi connectivity index (χ1v) is 19.9. The quantitative estimate of drug-likeness (QED) is 0.177. The minimum Gasteiger partial charge on any atom is -0.455 e. The molecule has 13 rings (SSSR count). The highest BCUT2D eigenvalue weighted by molar-refractivity contribution is 7.26. The third-order valence-electron chi connectivity index (χ3n) is 11.9. The van der Waals surface area contributed by atoms with Gasteiger partial charge in [0.2, 0.25) is 0 Å². The van der Waals surface area contributed by atoms with E-state index >= 15 is 0 Å². The van der Waals surface area contributed by atoms with Crippen molar-refractivity contribution in [1.29, 1.82) is 0 Å². The SMILES string of the molecule is c1ccc2cc(-n3c4ccccc4c4c3ccc3c5ccccc5n(-c5ccc6sc7c(-c8cccc9c8oc8ccccc89)cccc7c6c5)c34)ccc2c1. The van der Waals surface area contributed by atoms with Gasteiger partial charge in [-0.25, -0.2) is 0 Å². The van der Waals surface area contributed by atoms with Crippen LogP contribution in [0.5, 0.6) is 0 Å². The van der Waals surface area contributed by atoms with Crippen LogP contribution in [-0.2, 0) is 0 Å². The van der Waals surface area contributed by atoms with Gasteiger partial charge in [0, 0.05) is 75.0 Å². The maximum absolute atomic E-state index is 6.52. The van der Waals surface area contributed by atoms with E-state index in [1.807, 2.05) is 17.4 Å². The average molecular weight is 731 g/mol. The number of nitrogens with zero attached hydrogens (tertiary/aromatic N) is 2. The van der Waals surface area contributed by atoms with E-state index < -0.39 is 0 Å².